The van der Waals surface area contributed by atoms with E-state index in [1.165, 1.54) is 16.0 Å². The fourth-order valence-corrected chi connectivity index (χ4v) is 4.64. The Labute approximate surface area is 121 Å². The number of aromatic nitrogens is 1. The predicted molar refractivity (Wildman–Crippen MR) is 77.4 cm³/mol. The van der Waals surface area contributed by atoms with E-state index in [1.807, 2.05) is 0 Å². The summed E-state index contributed by atoms with van der Waals surface area (Å²) in [5, 5.41) is 10.4. The molecule has 1 heterocycles. The Morgan fingerprint density at radius 2 is 1.95 bits per heavy atom. The van der Waals surface area contributed by atoms with E-state index in [9.17, 15) is 9.90 Å². The molecular formula is C16H15NO2S. The molecule has 0 amide bonds. The largest absolute Gasteiger partial charge is 0.481 e. The lowest BCUT2D eigenvalue weighted by atomic mass is 10.1. The summed E-state index contributed by atoms with van der Waals surface area (Å²) in [6, 6.07) is 8.56. The molecule has 2 aliphatic rings. The summed E-state index contributed by atoms with van der Waals surface area (Å²) < 4.78 is 0. The van der Waals surface area contributed by atoms with Crippen molar-refractivity contribution in [3.63, 3.8) is 0 Å². The van der Waals surface area contributed by atoms with Crippen LogP contribution in [0.2, 0.25) is 0 Å². The van der Waals surface area contributed by atoms with Gasteiger partial charge in [0.15, 0.2) is 0 Å². The molecule has 1 unspecified atom stereocenters. The lowest BCUT2D eigenvalue weighted by molar-refractivity contribution is -0.138. The van der Waals surface area contributed by atoms with Crippen molar-refractivity contribution in [3.05, 3.63) is 51.0 Å². The highest BCUT2D eigenvalue weighted by molar-refractivity contribution is 7.11. The first kappa shape index (κ1) is 12.1. The highest BCUT2D eigenvalue weighted by Gasteiger charge is 2.34. The van der Waals surface area contributed by atoms with Crippen LogP contribution in [-0.4, -0.2) is 16.1 Å². The Morgan fingerprint density at radius 1 is 1.25 bits per heavy atom. The molecule has 4 heteroatoms. The van der Waals surface area contributed by atoms with Gasteiger partial charge in [-0.05, 0) is 36.8 Å². The van der Waals surface area contributed by atoms with Crippen LogP contribution in [0.4, 0.5) is 0 Å². The van der Waals surface area contributed by atoms with Gasteiger partial charge in [0.25, 0.3) is 0 Å². The normalized spacial score (nSPS) is 20.9. The number of hydrogen-bond acceptors (Lipinski definition) is 3. The zero-order valence-electron chi connectivity index (χ0n) is 11.0. The highest BCUT2D eigenvalue weighted by atomic mass is 32.1. The third kappa shape index (κ3) is 1.79. The van der Waals surface area contributed by atoms with Gasteiger partial charge in [-0.2, -0.15) is 0 Å². The second kappa shape index (κ2) is 4.42. The molecule has 2 aromatic rings. The average molecular weight is 285 g/mol. The van der Waals surface area contributed by atoms with Gasteiger partial charge < -0.3 is 5.11 Å². The average Bonchev–Trinajstić information content (AvgIpc) is 3.10. The van der Waals surface area contributed by atoms with Crippen LogP contribution in [0.3, 0.4) is 0 Å². The van der Waals surface area contributed by atoms with E-state index in [-0.39, 0.29) is 5.92 Å². The van der Waals surface area contributed by atoms with E-state index in [1.54, 1.807) is 11.3 Å². The van der Waals surface area contributed by atoms with Crippen molar-refractivity contribution >= 4 is 17.3 Å². The predicted octanol–water partition coefficient (Wildman–Crippen LogP) is 3.14. The number of fused-ring (bicyclic) bond motifs is 2. The lowest BCUT2D eigenvalue weighted by Crippen LogP contribution is -2.09. The smallest absolute Gasteiger partial charge is 0.312 e. The Morgan fingerprint density at radius 3 is 2.60 bits per heavy atom. The van der Waals surface area contributed by atoms with Crippen molar-refractivity contribution in [1.82, 2.24) is 4.98 Å². The minimum absolute atomic E-state index is 0.376. The van der Waals surface area contributed by atoms with Crippen molar-refractivity contribution in [2.45, 2.75) is 37.5 Å². The number of benzene rings is 1. The van der Waals surface area contributed by atoms with Crippen LogP contribution in [0.5, 0.6) is 0 Å². The number of carboxylic acid groups (broad SMARTS) is 1. The van der Waals surface area contributed by atoms with Crippen molar-refractivity contribution < 1.29 is 9.90 Å². The quantitative estimate of drug-likeness (QED) is 0.922. The van der Waals surface area contributed by atoms with Crippen LogP contribution in [0.15, 0.2) is 24.3 Å². The molecule has 1 N–H and O–H groups in total. The first-order valence-corrected chi connectivity index (χ1v) is 7.83. The van der Waals surface area contributed by atoms with E-state index in [0.29, 0.717) is 12.3 Å². The molecule has 0 bridgehead atoms. The minimum atomic E-state index is -0.727. The lowest BCUT2D eigenvalue weighted by Gasteiger charge is -2.05. The number of hydrogen-bond donors (Lipinski definition) is 1. The molecule has 2 aliphatic carbocycles. The molecule has 102 valence electrons. The number of rotatable bonds is 2. The molecule has 4 rings (SSSR count). The molecule has 1 atom stereocenters. The zero-order chi connectivity index (χ0) is 13.7. The molecule has 3 nitrogen and oxygen atoms in total. The Bertz CT molecular complexity index is 667. The summed E-state index contributed by atoms with van der Waals surface area (Å²) in [5.74, 6) is -0.661. The molecule has 20 heavy (non-hydrogen) atoms. The molecule has 1 aromatic heterocycles. The van der Waals surface area contributed by atoms with Crippen LogP contribution in [0, 0.1) is 0 Å². The SMILES string of the molecule is O=C(O)C1CCc2sc(C3Cc4ccccc4C3)nc21. The summed E-state index contributed by atoms with van der Waals surface area (Å²) in [5.41, 5.74) is 3.68. The summed E-state index contributed by atoms with van der Waals surface area (Å²) in [7, 11) is 0. The molecule has 0 fully saturated rings. The van der Waals surface area contributed by atoms with Gasteiger partial charge in [-0.3, -0.25) is 4.79 Å². The minimum Gasteiger partial charge on any atom is -0.481 e. The van der Waals surface area contributed by atoms with Crippen LogP contribution in [-0.2, 0) is 24.1 Å². The summed E-state index contributed by atoms with van der Waals surface area (Å²) in [6.45, 7) is 0. The molecule has 0 spiro atoms. The fourth-order valence-electron chi connectivity index (χ4n) is 3.39. The van der Waals surface area contributed by atoms with Gasteiger partial charge in [-0.15, -0.1) is 11.3 Å². The van der Waals surface area contributed by atoms with Crippen molar-refractivity contribution in [1.29, 1.82) is 0 Å². The van der Waals surface area contributed by atoms with Gasteiger partial charge in [-0.1, -0.05) is 24.3 Å². The molecule has 1 aromatic carbocycles. The van der Waals surface area contributed by atoms with Crippen LogP contribution in [0.1, 0.15) is 45.0 Å². The number of aryl methyl sites for hydroxylation is 1. The maximum absolute atomic E-state index is 11.2. The summed E-state index contributed by atoms with van der Waals surface area (Å²) in [6.07, 6.45) is 3.68. The summed E-state index contributed by atoms with van der Waals surface area (Å²) >= 11 is 1.74. The molecular weight excluding hydrogens is 270 g/mol. The van der Waals surface area contributed by atoms with Crippen molar-refractivity contribution in [3.8, 4) is 0 Å². The Balaban J connectivity index is 1.63. The topological polar surface area (TPSA) is 50.2 Å². The monoisotopic (exact) mass is 285 g/mol. The van der Waals surface area contributed by atoms with Gasteiger partial charge in [0.2, 0.25) is 0 Å². The molecule has 0 radical (unpaired) electrons. The molecule has 0 saturated heterocycles. The standard InChI is InChI=1S/C16H15NO2S/c18-16(19)12-5-6-13-14(12)17-15(20-13)11-7-9-3-1-2-4-10(9)8-11/h1-4,11-12H,5-8H2,(H,18,19). The number of thiazole rings is 1. The van der Waals surface area contributed by atoms with E-state index in [2.05, 4.69) is 24.3 Å². The zero-order valence-corrected chi connectivity index (χ0v) is 11.8. The van der Waals surface area contributed by atoms with Crippen LogP contribution in [0.25, 0.3) is 0 Å². The number of carbonyl (C=O) groups is 1. The second-order valence-corrected chi connectivity index (χ2v) is 6.78. The number of nitrogens with zero attached hydrogens (tertiary/aromatic N) is 1. The number of carboxylic acids is 1. The van der Waals surface area contributed by atoms with Gasteiger partial charge in [0.1, 0.15) is 5.92 Å². The van der Waals surface area contributed by atoms with E-state index in [4.69, 9.17) is 4.98 Å². The van der Waals surface area contributed by atoms with Crippen molar-refractivity contribution in [2.24, 2.45) is 0 Å². The molecule has 0 saturated carbocycles. The van der Waals surface area contributed by atoms with Gasteiger partial charge in [-0.25, -0.2) is 4.98 Å². The van der Waals surface area contributed by atoms with Gasteiger partial charge >= 0.3 is 5.97 Å². The maximum atomic E-state index is 11.2. The Kier molecular flexibility index (Phi) is 2.67. The maximum Gasteiger partial charge on any atom is 0.312 e. The third-order valence-corrected chi connectivity index (χ3v) is 5.73. The Hall–Kier alpha value is -1.68. The van der Waals surface area contributed by atoms with Crippen molar-refractivity contribution in [2.75, 3.05) is 0 Å². The van der Waals surface area contributed by atoms with E-state index in [0.717, 1.165) is 30.0 Å². The van der Waals surface area contributed by atoms with Gasteiger partial charge in [0.05, 0.1) is 10.7 Å². The highest BCUT2D eigenvalue weighted by Crippen LogP contribution is 2.42. The third-order valence-electron chi connectivity index (χ3n) is 4.43. The van der Waals surface area contributed by atoms with Gasteiger partial charge in [0, 0.05) is 10.8 Å². The first-order valence-electron chi connectivity index (χ1n) is 7.01. The second-order valence-electron chi connectivity index (χ2n) is 5.66. The fraction of sp³-hybridized carbons (Fsp3) is 0.375. The molecule has 0 aliphatic heterocycles. The summed E-state index contributed by atoms with van der Waals surface area (Å²) in [4.78, 5) is 17.1. The van der Waals surface area contributed by atoms with Crippen LogP contribution >= 0.6 is 11.3 Å². The number of aliphatic carboxylic acids is 1. The first-order chi connectivity index (χ1) is 9.72. The van der Waals surface area contributed by atoms with E-state index < -0.39 is 5.97 Å². The van der Waals surface area contributed by atoms with E-state index >= 15 is 0 Å². The van der Waals surface area contributed by atoms with Crippen LogP contribution < -0.4 is 0 Å².